The summed E-state index contributed by atoms with van der Waals surface area (Å²) in [5, 5.41) is 7.60. The van der Waals surface area contributed by atoms with Crippen LogP contribution in [0.3, 0.4) is 0 Å². The standard InChI is InChI=1S/C3H7Cl.C3H4O2/c1-2-3-4;1-2-3(4)5/h2-3H2,1H3;2H,1H2,(H,4,5). The number of carboxylic acid groups (broad SMARTS) is 1. The normalized spacial score (nSPS) is 6.89. The number of carbonyl (C=O) groups is 1. The molecule has 0 aromatic carbocycles. The summed E-state index contributed by atoms with van der Waals surface area (Å²) in [5.74, 6) is -0.190. The molecule has 0 saturated heterocycles. The third kappa shape index (κ3) is 36.3. The monoisotopic (exact) mass is 150 g/mol. The van der Waals surface area contributed by atoms with Crippen LogP contribution in [0.5, 0.6) is 0 Å². The minimum Gasteiger partial charge on any atom is -0.478 e. The number of rotatable bonds is 2. The first kappa shape index (κ1) is 11.3. The molecule has 3 heteroatoms. The second-order valence-corrected chi connectivity index (χ2v) is 1.61. The van der Waals surface area contributed by atoms with Gasteiger partial charge in [0, 0.05) is 12.0 Å². The lowest BCUT2D eigenvalue weighted by molar-refractivity contribution is -0.131. The zero-order chi connectivity index (χ0) is 7.70. The third-order valence-corrected chi connectivity index (χ3v) is 0.742. The molecule has 0 heterocycles. The lowest BCUT2D eigenvalue weighted by atomic mass is 10.6. The molecule has 0 atom stereocenters. The second-order valence-electron chi connectivity index (χ2n) is 1.23. The fraction of sp³-hybridized carbons (Fsp3) is 0.500. The van der Waals surface area contributed by atoms with Gasteiger partial charge in [0.25, 0.3) is 0 Å². The van der Waals surface area contributed by atoms with Gasteiger partial charge in [-0.15, -0.1) is 11.6 Å². The average Bonchev–Trinajstić information content (AvgIpc) is 1.89. The second kappa shape index (κ2) is 10.5. The zero-order valence-electron chi connectivity index (χ0n) is 5.43. The van der Waals surface area contributed by atoms with Crippen LogP contribution in [0.4, 0.5) is 0 Å². The van der Waals surface area contributed by atoms with Gasteiger partial charge in [-0.3, -0.25) is 0 Å². The maximum atomic E-state index is 9.25. The number of alkyl halides is 1. The van der Waals surface area contributed by atoms with E-state index in [2.05, 4.69) is 6.58 Å². The molecule has 0 unspecified atom stereocenters. The summed E-state index contributed by atoms with van der Waals surface area (Å²) >= 11 is 5.19. The third-order valence-electron chi connectivity index (χ3n) is 0.364. The lowest BCUT2D eigenvalue weighted by Gasteiger charge is -1.65. The van der Waals surface area contributed by atoms with Crippen molar-refractivity contribution < 1.29 is 9.90 Å². The first-order valence-electron chi connectivity index (χ1n) is 2.60. The van der Waals surface area contributed by atoms with E-state index in [1.54, 1.807) is 0 Å². The van der Waals surface area contributed by atoms with Gasteiger partial charge in [0.05, 0.1) is 0 Å². The molecular weight excluding hydrogens is 140 g/mol. The highest BCUT2D eigenvalue weighted by atomic mass is 35.5. The van der Waals surface area contributed by atoms with E-state index in [9.17, 15) is 4.79 Å². The summed E-state index contributed by atoms with van der Waals surface area (Å²) in [5.41, 5.74) is 0. The summed E-state index contributed by atoms with van der Waals surface area (Å²) in [7, 11) is 0. The molecule has 0 fully saturated rings. The molecule has 9 heavy (non-hydrogen) atoms. The molecule has 0 bridgehead atoms. The van der Waals surface area contributed by atoms with E-state index < -0.39 is 5.97 Å². The topological polar surface area (TPSA) is 37.3 Å². The summed E-state index contributed by atoms with van der Waals surface area (Å²) in [6.45, 7) is 5.01. The van der Waals surface area contributed by atoms with Crippen molar-refractivity contribution in [3.8, 4) is 0 Å². The van der Waals surface area contributed by atoms with Crippen LogP contribution < -0.4 is 0 Å². The number of aliphatic carboxylic acids is 1. The van der Waals surface area contributed by atoms with Gasteiger partial charge in [0.1, 0.15) is 0 Å². The van der Waals surface area contributed by atoms with Crippen LogP contribution in [0.1, 0.15) is 13.3 Å². The minimum absolute atomic E-state index is 0.792. The Bertz CT molecular complexity index is 79.1. The molecule has 0 aliphatic carbocycles. The Morgan fingerprint density at radius 3 is 2.11 bits per heavy atom. The Labute approximate surface area is 60.1 Å². The number of carboxylic acids is 1. The molecule has 1 N–H and O–H groups in total. The summed E-state index contributed by atoms with van der Waals surface area (Å²) < 4.78 is 0. The lowest BCUT2D eigenvalue weighted by Crippen LogP contribution is -1.82. The molecule has 0 aliphatic heterocycles. The van der Waals surface area contributed by atoms with Crippen LogP contribution in [0.2, 0.25) is 0 Å². The van der Waals surface area contributed by atoms with Crippen LogP contribution in [0.25, 0.3) is 0 Å². The van der Waals surface area contributed by atoms with Gasteiger partial charge in [-0.2, -0.15) is 0 Å². The predicted octanol–water partition coefficient (Wildman–Crippen LogP) is 1.89. The van der Waals surface area contributed by atoms with E-state index in [4.69, 9.17) is 16.7 Å². The molecule has 0 spiro atoms. The number of hydrogen-bond acceptors (Lipinski definition) is 1. The molecule has 0 amide bonds. The molecule has 0 radical (unpaired) electrons. The van der Waals surface area contributed by atoms with Gasteiger partial charge in [0.15, 0.2) is 0 Å². The van der Waals surface area contributed by atoms with Gasteiger partial charge >= 0.3 is 5.97 Å². The first-order valence-corrected chi connectivity index (χ1v) is 3.13. The maximum Gasteiger partial charge on any atom is 0.327 e. The Balaban J connectivity index is 0. The van der Waals surface area contributed by atoms with Gasteiger partial charge in [-0.05, 0) is 6.42 Å². The highest BCUT2D eigenvalue weighted by molar-refractivity contribution is 6.17. The Morgan fingerprint density at radius 2 is 2.11 bits per heavy atom. The molecule has 0 aliphatic rings. The Morgan fingerprint density at radius 1 is 1.89 bits per heavy atom. The van der Waals surface area contributed by atoms with Crippen molar-refractivity contribution in [2.45, 2.75) is 13.3 Å². The fourth-order valence-corrected chi connectivity index (χ4v) is 0. The first-order chi connectivity index (χ1) is 4.18. The van der Waals surface area contributed by atoms with Crippen molar-refractivity contribution in [3.63, 3.8) is 0 Å². The van der Waals surface area contributed by atoms with Crippen molar-refractivity contribution in [1.29, 1.82) is 0 Å². The van der Waals surface area contributed by atoms with Gasteiger partial charge in [-0.25, -0.2) is 4.79 Å². The van der Waals surface area contributed by atoms with E-state index in [-0.39, 0.29) is 0 Å². The van der Waals surface area contributed by atoms with Crippen molar-refractivity contribution in [1.82, 2.24) is 0 Å². The van der Waals surface area contributed by atoms with Crippen molar-refractivity contribution >= 4 is 17.6 Å². The van der Waals surface area contributed by atoms with Crippen LogP contribution in [-0.2, 0) is 4.79 Å². The van der Waals surface area contributed by atoms with E-state index in [0.29, 0.717) is 0 Å². The largest absolute Gasteiger partial charge is 0.478 e. The average molecular weight is 151 g/mol. The smallest absolute Gasteiger partial charge is 0.327 e. The van der Waals surface area contributed by atoms with Crippen LogP contribution in [0.15, 0.2) is 12.7 Å². The minimum atomic E-state index is -0.981. The predicted molar refractivity (Wildman–Crippen MR) is 38.8 cm³/mol. The molecule has 0 rings (SSSR count). The van der Waals surface area contributed by atoms with Crippen LogP contribution in [-0.4, -0.2) is 17.0 Å². The molecule has 2 nitrogen and oxygen atoms in total. The van der Waals surface area contributed by atoms with Crippen molar-refractivity contribution in [2.75, 3.05) is 5.88 Å². The summed E-state index contributed by atoms with van der Waals surface area (Å²) in [6, 6.07) is 0. The molecule has 0 aromatic rings. The Hall–Kier alpha value is -0.500. The molecular formula is C6H11ClO2. The fourth-order valence-electron chi connectivity index (χ4n) is 0. The SMILES string of the molecule is C=CC(=O)O.CCCCl. The van der Waals surface area contributed by atoms with E-state index in [1.165, 1.54) is 0 Å². The summed E-state index contributed by atoms with van der Waals surface area (Å²) in [6.07, 6.45) is 1.92. The molecule has 0 aromatic heterocycles. The van der Waals surface area contributed by atoms with E-state index in [0.717, 1.165) is 18.4 Å². The van der Waals surface area contributed by atoms with E-state index >= 15 is 0 Å². The zero-order valence-corrected chi connectivity index (χ0v) is 6.19. The number of halogens is 1. The van der Waals surface area contributed by atoms with Gasteiger partial charge in [-0.1, -0.05) is 13.5 Å². The quantitative estimate of drug-likeness (QED) is 0.482. The van der Waals surface area contributed by atoms with Crippen molar-refractivity contribution in [2.24, 2.45) is 0 Å². The Kier molecular flexibility index (Phi) is 13.2. The molecule has 0 saturated carbocycles. The summed E-state index contributed by atoms with van der Waals surface area (Å²) in [4.78, 5) is 9.25. The van der Waals surface area contributed by atoms with Crippen molar-refractivity contribution in [3.05, 3.63) is 12.7 Å². The van der Waals surface area contributed by atoms with Gasteiger partial charge < -0.3 is 5.11 Å². The van der Waals surface area contributed by atoms with Crippen LogP contribution in [0, 0.1) is 0 Å². The highest BCUT2D eigenvalue weighted by Crippen LogP contribution is 1.75. The van der Waals surface area contributed by atoms with Gasteiger partial charge in [0.2, 0.25) is 0 Å². The molecule has 54 valence electrons. The highest BCUT2D eigenvalue weighted by Gasteiger charge is 1.73. The number of hydrogen-bond donors (Lipinski definition) is 1. The van der Waals surface area contributed by atoms with E-state index in [1.807, 2.05) is 6.92 Å². The van der Waals surface area contributed by atoms with Crippen LogP contribution >= 0.6 is 11.6 Å². The maximum absolute atomic E-state index is 9.25.